The molecule has 2 aliphatic rings. The van der Waals surface area contributed by atoms with Crippen molar-refractivity contribution in [3.63, 3.8) is 0 Å². The Labute approximate surface area is 868 Å². The lowest BCUT2D eigenvalue weighted by Gasteiger charge is -2.27. The number of aromatic hydroxyl groups is 1. The zero-order valence-corrected chi connectivity index (χ0v) is 84.8. The van der Waals surface area contributed by atoms with Crippen molar-refractivity contribution in [2.24, 2.45) is 5.73 Å². The van der Waals surface area contributed by atoms with Crippen LogP contribution in [0.25, 0.3) is 129 Å². The highest BCUT2D eigenvalue weighted by Crippen LogP contribution is 2.42. The number of imide groups is 2. The number of benzene rings is 5. The number of hydrogen-bond acceptors (Lipinski definition) is 35. The Morgan fingerprint density at radius 2 is 0.826 bits per heavy atom. The van der Waals surface area contributed by atoms with Gasteiger partial charge >= 0.3 is 6.09 Å². The van der Waals surface area contributed by atoms with Crippen molar-refractivity contribution in [3.05, 3.63) is 222 Å². The number of alkyl carbamates (subject to hydrolysis) is 1. The molecule has 42 nitrogen and oxygen atoms in total. The summed E-state index contributed by atoms with van der Waals surface area (Å²) < 4.78 is 59.2. The van der Waals surface area contributed by atoms with Crippen LogP contribution in [0.15, 0.2) is 189 Å². The van der Waals surface area contributed by atoms with Gasteiger partial charge in [0.2, 0.25) is 11.8 Å². The molecular formula is C102H92ClN29O13S4. The van der Waals surface area contributed by atoms with Gasteiger partial charge in [0.25, 0.3) is 11.8 Å². The highest BCUT2D eigenvalue weighted by Gasteiger charge is 2.46. The number of nitrogens with two attached hydrogens (primary N) is 1. The SMILES string of the molecule is CNc1c(-c2cn3c(n2)sc2cc(O)ccc23)nc2cc(C#N)ccn12.CNc1c(-c2cn3c(n2)sc2cc(OCCOCCN)ccc23)nc2cc(C#N)ccn12.CNc1c(-c2cn3c(n2)sc2cc(OCCOCCNC(=O)OC(C)(C)C)ccc23)nc2cc(C#N)ccn12.CNc1c(-c2cn3c(n2)sc2cc(OCCOCCNc4cccc5c4C(=O)N(C4CCC(=O)NC4=O)C5=O)ccc23)nc2cc(C#N)ccn12.Cl. The summed E-state index contributed by atoms with van der Waals surface area (Å²) in [6.07, 6.45) is 14.9. The quantitative estimate of drug-likeness (QED) is 0.0149. The van der Waals surface area contributed by atoms with Crippen LogP contribution in [-0.2, 0) is 28.5 Å². The third-order valence-corrected chi connectivity index (χ3v) is 28.0. The fourth-order valence-electron chi connectivity index (χ4n) is 17.3. The minimum absolute atomic E-state index is 0. The Morgan fingerprint density at radius 3 is 1.19 bits per heavy atom. The van der Waals surface area contributed by atoms with Gasteiger partial charge in [0.1, 0.15) is 146 Å². The zero-order chi connectivity index (χ0) is 103. The number of pyridine rings is 4. The monoisotopic (exact) mass is 2090 g/mol. The minimum atomic E-state index is -1.02. The van der Waals surface area contributed by atoms with Crippen molar-refractivity contribution in [1.29, 1.82) is 21.0 Å². The lowest BCUT2D eigenvalue weighted by Crippen LogP contribution is -2.54. The summed E-state index contributed by atoms with van der Waals surface area (Å²) in [6.45, 7) is 10.3. The average Bonchev–Trinajstić information content (AvgIpc) is 1.58. The first-order valence-electron chi connectivity index (χ1n) is 46.6. The molecule has 18 heterocycles. The Balaban J connectivity index is 0.000000128. The number of nitrogens with zero attached hydrogens (tertiary/aromatic N) is 21. The van der Waals surface area contributed by atoms with Crippen molar-refractivity contribution >= 4 is 200 Å². The summed E-state index contributed by atoms with van der Waals surface area (Å²) in [5.41, 5.74) is 20.6. The van der Waals surface area contributed by atoms with Crippen LogP contribution in [0.1, 0.15) is 76.6 Å². The van der Waals surface area contributed by atoms with Crippen molar-refractivity contribution < 1.29 is 62.2 Å². The van der Waals surface area contributed by atoms with Crippen molar-refractivity contribution in [2.75, 3.05) is 134 Å². The van der Waals surface area contributed by atoms with E-state index >= 15 is 0 Å². The number of phenols is 1. The molecule has 754 valence electrons. The Bertz CT molecular complexity index is 8990. The van der Waals surface area contributed by atoms with Crippen LogP contribution >= 0.6 is 57.8 Å². The number of halogens is 1. The van der Waals surface area contributed by atoms with Crippen LogP contribution in [-0.4, -0.2) is 234 Å². The third-order valence-electron chi connectivity index (χ3n) is 23.9. The number of imidazole rings is 8. The number of phenolic OH excluding ortho intramolecular Hbond substituents is 1. The van der Waals surface area contributed by atoms with E-state index < -0.39 is 41.4 Å². The van der Waals surface area contributed by atoms with Gasteiger partial charge in [-0.25, -0.2) is 44.7 Å². The first-order valence-corrected chi connectivity index (χ1v) is 49.9. The van der Waals surface area contributed by atoms with Gasteiger partial charge in [0.15, 0.2) is 19.8 Å². The smallest absolute Gasteiger partial charge is 0.407 e. The zero-order valence-electron chi connectivity index (χ0n) is 80.7. The molecule has 10 N–H and O–H groups in total. The van der Waals surface area contributed by atoms with Crippen molar-refractivity contribution in [3.8, 4) is 92.8 Å². The van der Waals surface area contributed by atoms with Gasteiger partial charge in [-0.2, -0.15) is 21.0 Å². The first kappa shape index (κ1) is 100. The average molecular weight is 2100 g/mol. The van der Waals surface area contributed by atoms with E-state index in [1.807, 2.05) is 190 Å². The molecular weight excluding hydrogens is 2000 g/mol. The molecule has 149 heavy (non-hydrogen) atoms. The molecule has 0 spiro atoms. The molecule has 1 saturated heterocycles. The molecule has 1 atom stereocenters. The predicted octanol–water partition coefficient (Wildman–Crippen LogP) is 15.4. The maximum atomic E-state index is 13.3. The molecule has 5 amide bonds. The molecule has 23 rings (SSSR count). The van der Waals surface area contributed by atoms with Gasteiger partial charge in [-0.1, -0.05) is 51.4 Å². The summed E-state index contributed by atoms with van der Waals surface area (Å²) in [4.78, 5) is 104. The number of rotatable bonds is 30. The third kappa shape index (κ3) is 20.3. The fraction of sp³-hybridized carbons (Fsp3) is 0.225. The molecule has 1 fully saturated rings. The maximum Gasteiger partial charge on any atom is 0.407 e. The number of carbonyl (C=O) groups excluding carboxylic acids is 5. The minimum Gasteiger partial charge on any atom is -0.508 e. The van der Waals surface area contributed by atoms with E-state index in [1.54, 1.807) is 102 Å². The largest absolute Gasteiger partial charge is 0.508 e. The summed E-state index contributed by atoms with van der Waals surface area (Å²) >= 11 is 6.20. The standard InChI is InChI=1S/C35H29N9O6S.C27H29N7O4S.C22H21N7O2S.C18H12N6OS.ClH/c1-37-31-30(40-27-15-19(17-36)9-11-42(27)31)23-18-43-24-6-5-20(16-26(24)51-35(43)39-23)50-14-13-49-12-10-38-22-4-2-3-21-29(22)34(48)44(33(21)47)25-7-8-28(45)41-32(25)46;1-27(2,3)38-26(35)30-8-10-36-11-12-37-18-5-6-20-21(14-18)39-25-31-19(16-34(20)25)23-24(29-4)33-9-7-17(15-28)13-22(33)32-23;1-25-21-20(27-19-10-14(12-24)4-6-28(19)21)16-13-29-17-3-2-15(31-9-8-30-7-5-23)11-18(17)32-22(29)26-16;1-20-17-16(22-15-6-10(8-19)4-5-23(15)17)12-9-24-13-3-2-11(25)7-14(13)26-18(24)21-12;/h2-6,9,11,15-16,18,25,37-38H,7-8,10,12-14H2,1H3,(H,41,45,46);5-7,9,13-14,16,29H,8,10-12H2,1-4H3,(H,30,35);2-4,6,10-11,13,25H,5,7-9,23H2,1H3;2-7,9,20,25H,1H3;1H. The first-order chi connectivity index (χ1) is 72.0. The van der Waals surface area contributed by atoms with E-state index in [2.05, 4.69) is 70.9 Å². The van der Waals surface area contributed by atoms with Crippen molar-refractivity contribution in [1.82, 2.24) is 90.6 Å². The molecule has 21 aromatic rings. The summed E-state index contributed by atoms with van der Waals surface area (Å²) in [6, 6.07) is 49.6. The number of fused-ring (bicyclic) bond motifs is 17. The van der Waals surface area contributed by atoms with Crippen LogP contribution in [0.3, 0.4) is 0 Å². The van der Waals surface area contributed by atoms with E-state index in [4.69, 9.17) is 79.0 Å². The van der Waals surface area contributed by atoms with Crippen LogP contribution in [0.5, 0.6) is 23.0 Å². The topological polar surface area (TPSA) is 517 Å². The number of ether oxygens (including phenoxy) is 7. The normalized spacial score (nSPS) is 12.9. The van der Waals surface area contributed by atoms with E-state index in [0.717, 1.165) is 135 Å². The van der Waals surface area contributed by atoms with E-state index in [1.165, 1.54) is 22.7 Å². The number of carbonyl (C=O) groups is 5. The Hall–Kier alpha value is -17.6. The fourth-order valence-corrected chi connectivity index (χ4v) is 21.4. The second-order valence-electron chi connectivity index (χ2n) is 34.5. The van der Waals surface area contributed by atoms with Gasteiger partial charge in [0.05, 0.1) is 138 Å². The second-order valence-corrected chi connectivity index (χ2v) is 38.6. The highest BCUT2D eigenvalue weighted by atomic mass is 35.5. The molecule has 0 saturated carbocycles. The number of anilines is 5. The molecule has 16 aromatic heterocycles. The Morgan fingerprint density at radius 1 is 0.456 bits per heavy atom. The second kappa shape index (κ2) is 43.0. The summed E-state index contributed by atoms with van der Waals surface area (Å²) in [5.74, 6) is 3.53. The molecule has 0 aliphatic carbocycles. The highest BCUT2D eigenvalue weighted by molar-refractivity contribution is 7.24. The number of aromatic nitrogens is 16. The number of piperidine rings is 1. The van der Waals surface area contributed by atoms with Crippen LogP contribution in [0.2, 0.25) is 0 Å². The van der Waals surface area contributed by atoms with Gasteiger partial charge in [-0.3, -0.25) is 64.6 Å². The predicted molar refractivity (Wildman–Crippen MR) is 569 cm³/mol. The van der Waals surface area contributed by atoms with Gasteiger partial charge in [-0.05, 0) is 161 Å². The number of nitrogens with one attached hydrogen (secondary N) is 7. The van der Waals surface area contributed by atoms with Gasteiger partial charge in [-0.15, -0.1) is 12.4 Å². The lowest BCUT2D eigenvalue weighted by molar-refractivity contribution is -0.136. The number of hydrogen-bond donors (Lipinski definition) is 9. The van der Waals surface area contributed by atoms with Crippen molar-refractivity contribution in [2.45, 2.75) is 45.3 Å². The van der Waals surface area contributed by atoms with Crippen LogP contribution < -0.4 is 57.2 Å². The van der Waals surface area contributed by atoms with E-state index in [-0.39, 0.29) is 42.1 Å². The summed E-state index contributed by atoms with van der Waals surface area (Å²) in [5, 5.41) is 67.2. The molecule has 47 heteroatoms. The number of thiazole rings is 4. The van der Waals surface area contributed by atoms with Gasteiger partial charge in [0, 0.05) is 110 Å². The molecule has 1 unspecified atom stereocenters. The molecule has 5 aromatic carbocycles. The van der Waals surface area contributed by atoms with Gasteiger partial charge < -0.3 is 75.9 Å². The summed E-state index contributed by atoms with van der Waals surface area (Å²) in [7, 11) is 7.35. The molecule has 0 radical (unpaired) electrons. The van der Waals surface area contributed by atoms with Crippen LogP contribution in [0.4, 0.5) is 33.8 Å². The van der Waals surface area contributed by atoms with E-state index in [0.29, 0.717) is 147 Å². The molecule has 2 aliphatic heterocycles. The number of amides is 5. The Kier molecular flexibility index (Phi) is 28.9. The molecule has 0 bridgehead atoms. The van der Waals surface area contributed by atoms with E-state index in [9.17, 15) is 44.9 Å². The lowest BCUT2D eigenvalue weighted by atomic mass is 10.0. The van der Waals surface area contributed by atoms with Crippen LogP contribution in [0, 0.1) is 45.3 Å². The number of nitriles is 4. The maximum absolute atomic E-state index is 13.3.